The summed E-state index contributed by atoms with van der Waals surface area (Å²) in [6.45, 7) is 0. The maximum absolute atomic E-state index is 12.0. The van der Waals surface area contributed by atoms with Crippen molar-refractivity contribution in [3.05, 3.63) is 56.0 Å². The Morgan fingerprint density at radius 1 is 1.36 bits per heavy atom. The first-order valence-electron chi connectivity index (χ1n) is 6.70. The molecule has 0 fully saturated rings. The first-order chi connectivity index (χ1) is 11.8. The molecular formula is C15H12BrN3O6. The van der Waals surface area contributed by atoms with E-state index in [1.807, 2.05) is 0 Å². The lowest BCUT2D eigenvalue weighted by Crippen LogP contribution is -2.17. The predicted octanol–water partition coefficient (Wildman–Crippen LogP) is 2.54. The van der Waals surface area contributed by atoms with E-state index in [4.69, 9.17) is 4.74 Å². The molecule has 25 heavy (non-hydrogen) atoms. The number of nitrogens with one attached hydrogen (secondary N) is 1. The fraction of sp³-hybridized carbons (Fsp3) is 0.0667. The number of phenolic OH excluding ortho intramolecular Hbond substituents is 2. The third-order valence-corrected chi connectivity index (χ3v) is 3.59. The Kier molecular flexibility index (Phi) is 5.55. The van der Waals surface area contributed by atoms with Crippen LogP contribution in [0.25, 0.3) is 0 Å². The maximum atomic E-state index is 12.0. The van der Waals surface area contributed by atoms with Gasteiger partial charge in [0.2, 0.25) is 0 Å². The van der Waals surface area contributed by atoms with Crippen LogP contribution in [-0.4, -0.2) is 34.4 Å². The maximum Gasteiger partial charge on any atom is 0.275 e. The van der Waals surface area contributed by atoms with Crippen molar-refractivity contribution >= 4 is 33.7 Å². The number of hydrazone groups is 1. The molecule has 0 aliphatic rings. The third kappa shape index (κ3) is 4.23. The summed E-state index contributed by atoms with van der Waals surface area (Å²) in [6.07, 6.45) is 1.03. The molecule has 0 aliphatic carbocycles. The summed E-state index contributed by atoms with van der Waals surface area (Å²) in [6, 6.07) is 6.42. The lowest BCUT2D eigenvalue weighted by atomic mass is 10.1. The molecule has 0 saturated carbocycles. The standard InChI is InChI=1S/C15H12BrN3O6/c1-25-13-6-10(19(23)24)4-8(14(13)21)7-17-18-15(22)11-5-9(16)2-3-12(11)20/h2-7,20-21H,1H3,(H,18,22). The number of hydrogen-bond acceptors (Lipinski definition) is 7. The zero-order chi connectivity index (χ0) is 18.6. The molecule has 0 spiro atoms. The number of nitrogens with zero attached hydrogens (tertiary/aromatic N) is 2. The van der Waals surface area contributed by atoms with Crippen molar-refractivity contribution in [2.45, 2.75) is 0 Å². The highest BCUT2D eigenvalue weighted by Crippen LogP contribution is 2.33. The summed E-state index contributed by atoms with van der Waals surface area (Å²) in [5.74, 6) is -1.41. The highest BCUT2D eigenvalue weighted by atomic mass is 79.9. The van der Waals surface area contributed by atoms with Gasteiger partial charge in [-0.1, -0.05) is 15.9 Å². The molecule has 3 N–H and O–H groups in total. The second-order valence-corrected chi connectivity index (χ2v) is 5.62. The highest BCUT2D eigenvalue weighted by molar-refractivity contribution is 9.10. The number of non-ortho nitro benzene ring substituents is 1. The van der Waals surface area contributed by atoms with E-state index in [0.717, 1.165) is 18.3 Å². The second-order valence-electron chi connectivity index (χ2n) is 4.70. The number of carbonyl (C=O) groups is 1. The van der Waals surface area contributed by atoms with E-state index in [1.54, 1.807) is 6.07 Å². The molecule has 0 aliphatic heterocycles. The molecule has 1 amide bonds. The van der Waals surface area contributed by atoms with Crippen LogP contribution in [0.5, 0.6) is 17.2 Å². The summed E-state index contributed by atoms with van der Waals surface area (Å²) in [5.41, 5.74) is 1.80. The van der Waals surface area contributed by atoms with E-state index in [-0.39, 0.29) is 34.1 Å². The lowest BCUT2D eigenvalue weighted by Gasteiger charge is -2.06. The topological polar surface area (TPSA) is 134 Å². The van der Waals surface area contributed by atoms with E-state index in [2.05, 4.69) is 26.5 Å². The molecule has 0 bridgehead atoms. The summed E-state index contributed by atoms with van der Waals surface area (Å²) in [5, 5.41) is 34.2. The van der Waals surface area contributed by atoms with E-state index in [1.165, 1.54) is 19.2 Å². The van der Waals surface area contributed by atoms with Crippen LogP contribution in [0.3, 0.4) is 0 Å². The van der Waals surface area contributed by atoms with Crippen LogP contribution in [0, 0.1) is 10.1 Å². The second kappa shape index (κ2) is 7.62. The van der Waals surface area contributed by atoms with Crippen molar-refractivity contribution in [2.24, 2.45) is 5.10 Å². The average Bonchev–Trinajstić information content (AvgIpc) is 2.58. The quantitative estimate of drug-likeness (QED) is 0.394. The van der Waals surface area contributed by atoms with Crippen LogP contribution in [0.15, 0.2) is 39.9 Å². The molecule has 2 aromatic rings. The molecular weight excluding hydrogens is 398 g/mol. The van der Waals surface area contributed by atoms with Gasteiger partial charge in [-0.2, -0.15) is 5.10 Å². The molecule has 2 rings (SSSR count). The molecule has 0 unspecified atom stereocenters. The van der Waals surface area contributed by atoms with Gasteiger partial charge in [0, 0.05) is 16.1 Å². The van der Waals surface area contributed by atoms with Gasteiger partial charge in [-0.15, -0.1) is 0 Å². The van der Waals surface area contributed by atoms with Gasteiger partial charge in [0.05, 0.1) is 29.9 Å². The molecule has 2 aromatic carbocycles. The van der Waals surface area contributed by atoms with E-state index in [0.29, 0.717) is 4.47 Å². The summed E-state index contributed by atoms with van der Waals surface area (Å²) in [7, 11) is 1.25. The van der Waals surface area contributed by atoms with Gasteiger partial charge in [0.15, 0.2) is 11.5 Å². The molecule has 10 heteroatoms. The summed E-state index contributed by atoms with van der Waals surface area (Å²) < 4.78 is 5.44. The Labute approximate surface area is 149 Å². The molecule has 0 saturated heterocycles. The van der Waals surface area contributed by atoms with Crippen molar-refractivity contribution in [3.63, 3.8) is 0 Å². The number of phenols is 2. The molecule has 0 radical (unpaired) electrons. The van der Waals surface area contributed by atoms with Crippen LogP contribution in [-0.2, 0) is 0 Å². The van der Waals surface area contributed by atoms with E-state index in [9.17, 15) is 25.1 Å². The lowest BCUT2D eigenvalue weighted by molar-refractivity contribution is -0.385. The number of methoxy groups -OCH3 is 1. The Balaban J connectivity index is 2.24. The van der Waals surface area contributed by atoms with Crippen molar-refractivity contribution < 1.29 is 24.7 Å². The van der Waals surface area contributed by atoms with Crippen molar-refractivity contribution in [1.29, 1.82) is 0 Å². The first-order valence-corrected chi connectivity index (χ1v) is 7.50. The normalized spacial score (nSPS) is 10.6. The number of halogens is 1. The molecule has 0 aromatic heterocycles. The van der Waals surface area contributed by atoms with Crippen LogP contribution in [0.1, 0.15) is 15.9 Å². The van der Waals surface area contributed by atoms with E-state index < -0.39 is 10.8 Å². The Hall–Kier alpha value is -3.14. The number of benzene rings is 2. The van der Waals surface area contributed by atoms with Crippen LogP contribution < -0.4 is 10.2 Å². The van der Waals surface area contributed by atoms with Gasteiger partial charge in [-0.3, -0.25) is 14.9 Å². The van der Waals surface area contributed by atoms with Gasteiger partial charge in [0.1, 0.15) is 5.75 Å². The van der Waals surface area contributed by atoms with Gasteiger partial charge < -0.3 is 14.9 Å². The number of rotatable bonds is 5. The van der Waals surface area contributed by atoms with Gasteiger partial charge in [-0.05, 0) is 18.2 Å². The minimum atomic E-state index is -0.702. The average molecular weight is 410 g/mol. The van der Waals surface area contributed by atoms with Gasteiger partial charge >= 0.3 is 0 Å². The summed E-state index contributed by atoms with van der Waals surface area (Å²) in [4.78, 5) is 22.2. The van der Waals surface area contributed by atoms with Gasteiger partial charge in [0.25, 0.3) is 11.6 Å². The SMILES string of the molecule is COc1cc([N+](=O)[O-])cc(C=NNC(=O)c2cc(Br)ccc2O)c1O. The zero-order valence-electron chi connectivity index (χ0n) is 12.8. The smallest absolute Gasteiger partial charge is 0.275 e. The van der Waals surface area contributed by atoms with Crippen molar-refractivity contribution in [3.8, 4) is 17.2 Å². The monoisotopic (exact) mass is 409 g/mol. The number of carbonyl (C=O) groups excluding carboxylic acids is 1. The zero-order valence-corrected chi connectivity index (χ0v) is 14.3. The first kappa shape index (κ1) is 18.2. The number of hydrogen-bond donors (Lipinski definition) is 3. The number of nitro groups is 1. The molecule has 130 valence electrons. The number of ether oxygens (including phenoxy) is 1. The number of amides is 1. The largest absolute Gasteiger partial charge is 0.507 e. The van der Waals surface area contributed by atoms with Crippen LogP contribution >= 0.6 is 15.9 Å². The molecule has 0 heterocycles. The van der Waals surface area contributed by atoms with Crippen molar-refractivity contribution in [1.82, 2.24) is 5.43 Å². The van der Waals surface area contributed by atoms with Crippen molar-refractivity contribution in [2.75, 3.05) is 7.11 Å². The number of aromatic hydroxyl groups is 2. The minimum absolute atomic E-state index is 0.0210. The predicted molar refractivity (Wildman–Crippen MR) is 92.2 cm³/mol. The Morgan fingerprint density at radius 3 is 2.72 bits per heavy atom. The minimum Gasteiger partial charge on any atom is -0.507 e. The number of nitro benzene ring substituents is 1. The Morgan fingerprint density at radius 2 is 2.08 bits per heavy atom. The fourth-order valence-electron chi connectivity index (χ4n) is 1.88. The van der Waals surface area contributed by atoms with Gasteiger partial charge in [-0.25, -0.2) is 5.43 Å². The summed E-state index contributed by atoms with van der Waals surface area (Å²) >= 11 is 3.18. The highest BCUT2D eigenvalue weighted by Gasteiger charge is 2.16. The molecule has 9 nitrogen and oxygen atoms in total. The van der Waals surface area contributed by atoms with Crippen LogP contribution in [0.4, 0.5) is 5.69 Å². The molecule has 0 atom stereocenters. The van der Waals surface area contributed by atoms with E-state index >= 15 is 0 Å². The van der Waals surface area contributed by atoms with Crippen LogP contribution in [0.2, 0.25) is 0 Å². The third-order valence-electron chi connectivity index (χ3n) is 3.09. The Bertz CT molecular complexity index is 869. The fourth-order valence-corrected chi connectivity index (χ4v) is 2.25.